The van der Waals surface area contributed by atoms with Crippen molar-refractivity contribution in [3.05, 3.63) is 16.4 Å². The zero-order valence-electron chi connectivity index (χ0n) is 10.9. The van der Waals surface area contributed by atoms with E-state index in [1.165, 1.54) is 0 Å². The molecule has 0 radical (unpaired) electrons. The molecule has 17 heavy (non-hydrogen) atoms. The predicted molar refractivity (Wildman–Crippen MR) is 69.3 cm³/mol. The van der Waals surface area contributed by atoms with Crippen LogP contribution in [0.4, 0.5) is 0 Å². The van der Waals surface area contributed by atoms with Crippen LogP contribution in [0.3, 0.4) is 0 Å². The number of carbonyl (C=O) groups excluding carboxylic acids is 1. The van der Waals surface area contributed by atoms with Gasteiger partial charge in [0.2, 0.25) is 0 Å². The number of aromatic nitrogens is 2. The van der Waals surface area contributed by atoms with E-state index in [0.29, 0.717) is 11.6 Å². The van der Waals surface area contributed by atoms with E-state index in [1.807, 2.05) is 13.8 Å². The van der Waals surface area contributed by atoms with Crippen LogP contribution < -0.4 is 5.73 Å². The Morgan fingerprint density at radius 1 is 1.47 bits per heavy atom. The van der Waals surface area contributed by atoms with E-state index in [-0.39, 0.29) is 12.2 Å². The van der Waals surface area contributed by atoms with E-state index in [1.54, 1.807) is 18.5 Å². The molecule has 0 unspecified atom stereocenters. The van der Waals surface area contributed by atoms with Crippen LogP contribution >= 0.6 is 11.6 Å². The lowest BCUT2D eigenvalue weighted by Crippen LogP contribution is -2.42. The van der Waals surface area contributed by atoms with Crippen molar-refractivity contribution < 1.29 is 4.79 Å². The minimum atomic E-state index is -0.835. The number of nitrogens with two attached hydrogens (primary N) is 1. The third kappa shape index (κ3) is 3.07. The van der Waals surface area contributed by atoms with Crippen LogP contribution in [0.5, 0.6) is 0 Å². The van der Waals surface area contributed by atoms with E-state index in [4.69, 9.17) is 17.3 Å². The SMILES string of the molecule is CCc1nn(CC)c(CC(=O)C(C)(C)N)c1Cl. The number of carbonyl (C=O) groups is 1. The summed E-state index contributed by atoms with van der Waals surface area (Å²) in [6.07, 6.45) is 1.00. The van der Waals surface area contributed by atoms with Gasteiger partial charge in [0.25, 0.3) is 0 Å². The third-order valence-electron chi connectivity index (χ3n) is 2.74. The highest BCUT2D eigenvalue weighted by Gasteiger charge is 2.25. The highest BCUT2D eigenvalue weighted by molar-refractivity contribution is 6.32. The summed E-state index contributed by atoms with van der Waals surface area (Å²) >= 11 is 6.23. The van der Waals surface area contributed by atoms with Gasteiger partial charge in [-0.25, -0.2) is 0 Å². The summed E-state index contributed by atoms with van der Waals surface area (Å²) in [7, 11) is 0. The Labute approximate surface area is 107 Å². The molecular weight excluding hydrogens is 238 g/mol. The van der Waals surface area contributed by atoms with Gasteiger partial charge in [-0.15, -0.1) is 0 Å². The smallest absolute Gasteiger partial charge is 0.158 e. The molecule has 0 aliphatic rings. The van der Waals surface area contributed by atoms with Crippen molar-refractivity contribution in [3.8, 4) is 0 Å². The first-order chi connectivity index (χ1) is 7.81. The van der Waals surface area contributed by atoms with Gasteiger partial charge < -0.3 is 5.73 Å². The molecule has 1 aromatic rings. The average molecular weight is 258 g/mol. The molecule has 5 heteroatoms. The normalized spacial score (nSPS) is 11.9. The molecule has 1 rings (SSSR count). The molecule has 0 aliphatic carbocycles. The zero-order chi connectivity index (χ0) is 13.2. The number of ketones is 1. The summed E-state index contributed by atoms with van der Waals surface area (Å²) in [6.45, 7) is 8.08. The van der Waals surface area contributed by atoms with Crippen LogP contribution in [0, 0.1) is 0 Å². The van der Waals surface area contributed by atoms with E-state index < -0.39 is 5.54 Å². The fourth-order valence-corrected chi connectivity index (χ4v) is 1.90. The maximum atomic E-state index is 11.9. The molecule has 96 valence electrons. The van der Waals surface area contributed by atoms with Gasteiger partial charge in [-0.2, -0.15) is 5.10 Å². The number of Topliss-reactive ketones (excluding diaryl/α,β-unsaturated/α-hetero) is 1. The van der Waals surface area contributed by atoms with Gasteiger partial charge in [-0.05, 0) is 27.2 Å². The zero-order valence-corrected chi connectivity index (χ0v) is 11.6. The second-order valence-electron chi connectivity index (χ2n) is 4.70. The largest absolute Gasteiger partial charge is 0.319 e. The maximum absolute atomic E-state index is 11.9. The second-order valence-corrected chi connectivity index (χ2v) is 5.08. The van der Waals surface area contributed by atoms with Crippen LogP contribution in [0.15, 0.2) is 0 Å². The molecule has 0 aliphatic heterocycles. The van der Waals surface area contributed by atoms with Crippen molar-refractivity contribution in [2.24, 2.45) is 5.73 Å². The number of hydrogen-bond acceptors (Lipinski definition) is 3. The summed E-state index contributed by atoms with van der Waals surface area (Å²) in [4.78, 5) is 11.9. The number of hydrogen-bond donors (Lipinski definition) is 1. The molecule has 4 nitrogen and oxygen atoms in total. The van der Waals surface area contributed by atoms with Gasteiger partial charge >= 0.3 is 0 Å². The maximum Gasteiger partial charge on any atom is 0.158 e. The molecule has 0 saturated carbocycles. The quantitative estimate of drug-likeness (QED) is 0.877. The molecule has 2 N–H and O–H groups in total. The molecule has 1 aromatic heterocycles. The van der Waals surface area contributed by atoms with Crippen molar-refractivity contribution in [2.45, 2.75) is 52.6 Å². The topological polar surface area (TPSA) is 60.9 Å². The summed E-state index contributed by atoms with van der Waals surface area (Å²) in [6, 6.07) is 0. The Bertz CT molecular complexity index is 418. The fraction of sp³-hybridized carbons (Fsp3) is 0.667. The van der Waals surface area contributed by atoms with Crippen LogP contribution in [-0.4, -0.2) is 21.1 Å². The Kier molecular flexibility index (Phi) is 4.33. The number of nitrogens with zero attached hydrogens (tertiary/aromatic N) is 2. The van der Waals surface area contributed by atoms with Crippen LogP contribution in [-0.2, 0) is 24.2 Å². The lowest BCUT2D eigenvalue weighted by atomic mass is 9.97. The molecule has 0 spiro atoms. The second kappa shape index (κ2) is 5.19. The van der Waals surface area contributed by atoms with Crippen LogP contribution in [0.1, 0.15) is 39.1 Å². The minimum absolute atomic E-state index is 0.0309. The van der Waals surface area contributed by atoms with Crippen molar-refractivity contribution in [1.82, 2.24) is 9.78 Å². The fourth-order valence-electron chi connectivity index (χ4n) is 1.57. The monoisotopic (exact) mass is 257 g/mol. The molecule has 0 aromatic carbocycles. The highest BCUT2D eigenvalue weighted by atomic mass is 35.5. The first-order valence-electron chi connectivity index (χ1n) is 5.87. The molecule has 0 bridgehead atoms. The van der Waals surface area contributed by atoms with Crippen molar-refractivity contribution in [3.63, 3.8) is 0 Å². The van der Waals surface area contributed by atoms with E-state index in [9.17, 15) is 4.79 Å². The van der Waals surface area contributed by atoms with Crippen molar-refractivity contribution in [2.75, 3.05) is 0 Å². The Balaban J connectivity index is 3.05. The molecule has 0 saturated heterocycles. The summed E-state index contributed by atoms with van der Waals surface area (Å²) < 4.78 is 1.78. The van der Waals surface area contributed by atoms with E-state index in [2.05, 4.69) is 5.10 Å². The standard InChI is InChI=1S/C12H20ClN3O/c1-5-8-11(13)9(16(6-2)15-8)7-10(17)12(3,4)14/h5-7,14H2,1-4H3. The number of rotatable bonds is 5. The van der Waals surface area contributed by atoms with Gasteiger partial charge in [-0.3, -0.25) is 9.48 Å². The molecule has 0 amide bonds. The van der Waals surface area contributed by atoms with Gasteiger partial charge in [-0.1, -0.05) is 18.5 Å². The summed E-state index contributed by atoms with van der Waals surface area (Å²) in [5.41, 5.74) is 6.56. The number of halogens is 1. The van der Waals surface area contributed by atoms with E-state index in [0.717, 1.165) is 17.8 Å². The van der Waals surface area contributed by atoms with Gasteiger partial charge in [0.05, 0.1) is 28.4 Å². The Morgan fingerprint density at radius 2 is 2.06 bits per heavy atom. The van der Waals surface area contributed by atoms with Gasteiger partial charge in [0.1, 0.15) is 0 Å². The highest BCUT2D eigenvalue weighted by Crippen LogP contribution is 2.23. The van der Waals surface area contributed by atoms with Gasteiger partial charge in [0, 0.05) is 6.54 Å². The van der Waals surface area contributed by atoms with Crippen molar-refractivity contribution in [1.29, 1.82) is 0 Å². The number of aryl methyl sites for hydroxylation is 2. The summed E-state index contributed by atoms with van der Waals surface area (Å²) in [5.74, 6) is -0.0309. The van der Waals surface area contributed by atoms with Crippen LogP contribution in [0.25, 0.3) is 0 Å². The molecule has 0 atom stereocenters. The first kappa shape index (κ1) is 14.2. The molecular formula is C12H20ClN3O. The Hall–Kier alpha value is -0.870. The minimum Gasteiger partial charge on any atom is -0.319 e. The van der Waals surface area contributed by atoms with Gasteiger partial charge in [0.15, 0.2) is 5.78 Å². The average Bonchev–Trinajstić information content (AvgIpc) is 2.54. The van der Waals surface area contributed by atoms with Crippen LogP contribution in [0.2, 0.25) is 5.02 Å². The first-order valence-corrected chi connectivity index (χ1v) is 6.25. The predicted octanol–water partition coefficient (Wildman–Crippen LogP) is 1.97. The Morgan fingerprint density at radius 3 is 2.47 bits per heavy atom. The van der Waals surface area contributed by atoms with E-state index >= 15 is 0 Å². The molecule has 1 heterocycles. The third-order valence-corrected chi connectivity index (χ3v) is 3.18. The summed E-state index contributed by atoms with van der Waals surface area (Å²) in [5, 5.41) is 4.98. The lowest BCUT2D eigenvalue weighted by Gasteiger charge is -2.17. The molecule has 0 fully saturated rings. The van der Waals surface area contributed by atoms with Crippen molar-refractivity contribution >= 4 is 17.4 Å². The lowest BCUT2D eigenvalue weighted by molar-refractivity contribution is -0.122.